The van der Waals surface area contributed by atoms with E-state index in [1.54, 1.807) is 19.1 Å². The van der Waals surface area contributed by atoms with Crippen LogP contribution in [0.25, 0.3) is 16.9 Å². The zero-order valence-corrected chi connectivity index (χ0v) is 17.3. The van der Waals surface area contributed by atoms with Crippen molar-refractivity contribution in [1.82, 2.24) is 9.78 Å². The van der Waals surface area contributed by atoms with Crippen molar-refractivity contribution in [1.29, 1.82) is 0 Å². The lowest BCUT2D eigenvalue weighted by Gasteiger charge is -2.11. The first kappa shape index (κ1) is 21.4. The average molecular weight is 495 g/mol. The number of rotatable bonds is 3. The van der Waals surface area contributed by atoms with Crippen LogP contribution in [0.1, 0.15) is 11.3 Å². The molecule has 3 aromatic rings. The van der Waals surface area contributed by atoms with Crippen LogP contribution >= 0.6 is 15.9 Å². The first-order valence-electron chi connectivity index (χ1n) is 7.91. The van der Waals surface area contributed by atoms with E-state index in [-0.39, 0.29) is 11.3 Å². The van der Waals surface area contributed by atoms with Crippen LogP contribution in [0.15, 0.2) is 45.8 Å². The number of aromatic nitrogens is 2. The number of halogens is 6. The summed E-state index contributed by atoms with van der Waals surface area (Å²) in [4.78, 5) is -0.901. The topological polar surface area (TPSA) is 52.0 Å². The smallest absolute Gasteiger partial charge is 0.229 e. The molecule has 3 rings (SSSR count). The number of hydrogen-bond donors (Lipinski definition) is 0. The van der Waals surface area contributed by atoms with Gasteiger partial charge in [0.15, 0.2) is 15.5 Å². The Hall–Kier alpha value is -2.27. The highest BCUT2D eigenvalue weighted by Crippen LogP contribution is 2.35. The van der Waals surface area contributed by atoms with E-state index in [4.69, 9.17) is 0 Å². The Balaban J connectivity index is 2.32. The number of alkyl halides is 3. The van der Waals surface area contributed by atoms with E-state index >= 15 is 0 Å². The second-order valence-corrected chi connectivity index (χ2v) is 9.25. The number of nitrogens with zero attached hydrogens (tertiary/aromatic N) is 2. The van der Waals surface area contributed by atoms with Crippen LogP contribution < -0.4 is 0 Å². The molecule has 4 nitrogen and oxygen atoms in total. The summed E-state index contributed by atoms with van der Waals surface area (Å²) >= 11 is 3.24. The number of sulfone groups is 1. The SMILES string of the molecule is Cc1cc(Br)cc(-c2cc(C(F)(F)F)nn2-c2cc(F)c(S(C)(=O)=O)cc2F)c1. The maximum Gasteiger partial charge on any atom is 0.435 e. The van der Waals surface area contributed by atoms with Gasteiger partial charge in [-0.1, -0.05) is 15.9 Å². The summed E-state index contributed by atoms with van der Waals surface area (Å²) in [5, 5.41) is 3.40. The van der Waals surface area contributed by atoms with Crippen LogP contribution in [0.2, 0.25) is 0 Å². The molecule has 1 heterocycles. The Kier molecular flexibility index (Phi) is 5.33. The molecule has 0 N–H and O–H groups in total. The van der Waals surface area contributed by atoms with Crippen molar-refractivity contribution >= 4 is 25.8 Å². The second-order valence-electron chi connectivity index (χ2n) is 6.35. The van der Waals surface area contributed by atoms with Gasteiger partial charge in [0, 0.05) is 22.4 Å². The summed E-state index contributed by atoms with van der Waals surface area (Å²) in [5.74, 6) is -2.54. The fourth-order valence-corrected chi connectivity index (χ4v) is 4.10. The molecule has 0 aliphatic rings. The highest BCUT2D eigenvalue weighted by atomic mass is 79.9. The lowest BCUT2D eigenvalue weighted by atomic mass is 10.1. The number of benzene rings is 2. The van der Waals surface area contributed by atoms with Crippen LogP contribution in [-0.4, -0.2) is 24.5 Å². The van der Waals surface area contributed by atoms with E-state index in [1.165, 1.54) is 6.07 Å². The molecule has 2 aromatic carbocycles. The van der Waals surface area contributed by atoms with Gasteiger partial charge in [-0.3, -0.25) is 0 Å². The summed E-state index contributed by atoms with van der Waals surface area (Å²) in [7, 11) is -4.08. The molecule has 154 valence electrons. The lowest BCUT2D eigenvalue weighted by molar-refractivity contribution is -0.141. The van der Waals surface area contributed by atoms with E-state index in [2.05, 4.69) is 21.0 Å². The molecule has 1 aromatic heterocycles. The number of hydrogen-bond acceptors (Lipinski definition) is 3. The maximum atomic E-state index is 14.6. The van der Waals surface area contributed by atoms with E-state index < -0.39 is 43.9 Å². The van der Waals surface area contributed by atoms with E-state index in [0.717, 1.165) is 0 Å². The third-order valence-corrected chi connectivity index (χ3v) is 5.54. The maximum absolute atomic E-state index is 14.6. The third-order valence-electron chi connectivity index (χ3n) is 3.97. The summed E-state index contributed by atoms with van der Waals surface area (Å²) in [6.45, 7) is 1.71. The van der Waals surface area contributed by atoms with Crippen molar-refractivity contribution in [3.05, 3.63) is 63.8 Å². The van der Waals surface area contributed by atoms with E-state index in [0.29, 0.717) is 39.2 Å². The molecule has 0 bridgehead atoms. The van der Waals surface area contributed by atoms with Crippen molar-refractivity contribution in [2.24, 2.45) is 0 Å². The van der Waals surface area contributed by atoms with Gasteiger partial charge in [-0.25, -0.2) is 21.9 Å². The summed E-state index contributed by atoms with van der Waals surface area (Å²) in [5.41, 5.74) is -1.14. The molecule has 0 aliphatic heterocycles. The third kappa shape index (κ3) is 4.35. The van der Waals surface area contributed by atoms with Crippen LogP contribution in [0.4, 0.5) is 22.0 Å². The van der Waals surface area contributed by atoms with Gasteiger partial charge in [-0.05, 0) is 42.8 Å². The largest absolute Gasteiger partial charge is 0.435 e. The molecule has 0 spiro atoms. The Labute approximate surface area is 171 Å². The molecule has 0 amide bonds. The average Bonchev–Trinajstić information content (AvgIpc) is 3.00. The normalized spacial score (nSPS) is 12.4. The molecule has 0 unspecified atom stereocenters. The Morgan fingerprint density at radius 1 is 1.00 bits per heavy atom. The molecule has 0 radical (unpaired) electrons. The Morgan fingerprint density at radius 3 is 2.21 bits per heavy atom. The van der Waals surface area contributed by atoms with Gasteiger partial charge in [-0.15, -0.1) is 0 Å². The summed E-state index contributed by atoms with van der Waals surface area (Å²) < 4.78 is 92.9. The highest BCUT2D eigenvalue weighted by Gasteiger charge is 2.36. The minimum atomic E-state index is -4.83. The highest BCUT2D eigenvalue weighted by molar-refractivity contribution is 9.10. The first-order chi connectivity index (χ1) is 13.3. The van der Waals surface area contributed by atoms with Gasteiger partial charge >= 0.3 is 6.18 Å². The fraction of sp³-hybridized carbons (Fsp3) is 0.167. The molecule has 0 atom stereocenters. The minimum Gasteiger partial charge on any atom is -0.229 e. The van der Waals surface area contributed by atoms with Crippen LogP contribution in [-0.2, 0) is 16.0 Å². The van der Waals surface area contributed by atoms with Crippen molar-refractivity contribution in [3.8, 4) is 16.9 Å². The molecule has 0 fully saturated rings. The molecule has 11 heteroatoms. The molecule has 0 saturated carbocycles. The predicted octanol–water partition coefficient (Wildman–Crippen LogP) is 5.31. The van der Waals surface area contributed by atoms with Gasteiger partial charge in [-0.2, -0.15) is 18.3 Å². The Bertz CT molecular complexity index is 1200. The van der Waals surface area contributed by atoms with Crippen LogP contribution in [0.5, 0.6) is 0 Å². The molecule has 0 saturated heterocycles. The van der Waals surface area contributed by atoms with Crippen molar-refractivity contribution in [2.45, 2.75) is 18.0 Å². The molecule has 29 heavy (non-hydrogen) atoms. The number of aryl methyl sites for hydroxylation is 1. The van der Waals surface area contributed by atoms with Gasteiger partial charge in [0.05, 0.1) is 5.69 Å². The van der Waals surface area contributed by atoms with Crippen LogP contribution in [0.3, 0.4) is 0 Å². The second kappa shape index (κ2) is 7.21. The monoisotopic (exact) mass is 494 g/mol. The van der Waals surface area contributed by atoms with Crippen molar-refractivity contribution in [3.63, 3.8) is 0 Å². The summed E-state index contributed by atoms with van der Waals surface area (Å²) in [6.07, 6.45) is -4.14. The predicted molar refractivity (Wildman–Crippen MR) is 99.5 cm³/mol. The summed E-state index contributed by atoms with van der Waals surface area (Å²) in [6, 6.07) is 6.41. The molecular weight excluding hydrogens is 483 g/mol. The first-order valence-corrected chi connectivity index (χ1v) is 10.6. The molecule has 0 aliphatic carbocycles. The van der Waals surface area contributed by atoms with Crippen molar-refractivity contribution in [2.75, 3.05) is 6.26 Å². The van der Waals surface area contributed by atoms with Gasteiger partial charge in [0.25, 0.3) is 0 Å². The van der Waals surface area contributed by atoms with E-state index in [1.807, 2.05) is 0 Å². The Morgan fingerprint density at radius 2 is 1.66 bits per heavy atom. The zero-order chi connectivity index (χ0) is 21.7. The van der Waals surface area contributed by atoms with Crippen LogP contribution in [0, 0.1) is 18.6 Å². The van der Waals surface area contributed by atoms with Gasteiger partial charge < -0.3 is 0 Å². The lowest BCUT2D eigenvalue weighted by Crippen LogP contribution is -2.10. The molecular formula is C18H12BrF5N2O2S. The van der Waals surface area contributed by atoms with Crippen molar-refractivity contribution < 1.29 is 30.4 Å². The quantitative estimate of drug-likeness (QED) is 0.463. The zero-order valence-electron chi connectivity index (χ0n) is 14.9. The fourth-order valence-electron chi connectivity index (χ4n) is 2.76. The van der Waals surface area contributed by atoms with E-state index in [9.17, 15) is 30.4 Å². The van der Waals surface area contributed by atoms with Gasteiger partial charge in [0.1, 0.15) is 22.2 Å². The minimum absolute atomic E-state index is 0.146. The van der Waals surface area contributed by atoms with Gasteiger partial charge in [0.2, 0.25) is 0 Å². The standard InChI is InChI=1S/C18H12BrF5N2O2S/c1-9-3-10(5-11(19)4-9)14-8-17(18(22,23)24)25-26(14)15-6-13(21)16(7-12(15)20)29(2,27)28/h3-8H,1-2H3.